The van der Waals surface area contributed by atoms with Gasteiger partial charge in [0.1, 0.15) is 5.82 Å². The molecule has 3 aromatic rings. The number of benzene rings is 1. The normalized spacial score (nSPS) is 11.7. The van der Waals surface area contributed by atoms with Crippen molar-refractivity contribution < 1.29 is 18.0 Å². The second-order valence-corrected chi connectivity index (χ2v) is 5.72. The van der Waals surface area contributed by atoms with Gasteiger partial charge >= 0.3 is 6.18 Å². The van der Waals surface area contributed by atoms with E-state index in [2.05, 4.69) is 36.3 Å². The maximum Gasteiger partial charge on any atom is 0.453 e. The van der Waals surface area contributed by atoms with E-state index in [-0.39, 0.29) is 11.6 Å². The van der Waals surface area contributed by atoms with Gasteiger partial charge in [-0.15, -0.1) is 5.10 Å². The lowest BCUT2D eigenvalue weighted by molar-refractivity contribution is -0.144. The summed E-state index contributed by atoms with van der Waals surface area (Å²) < 4.78 is 39.6. The third kappa shape index (κ3) is 3.09. The van der Waals surface area contributed by atoms with E-state index in [4.69, 9.17) is 0 Å². The standard InChI is InChI=1S/C14H9BrF3N5O/c1-7-6-10(19-11(24)8-4-2-3-5-9(8)15)20-13-21-12(14(16,17)18)22-23(7)13/h2-6H,1H3,(H,19,20,21,22,24). The predicted octanol–water partition coefficient (Wildman–Crippen LogP) is 3.47. The smallest absolute Gasteiger partial charge is 0.306 e. The van der Waals surface area contributed by atoms with Crippen LogP contribution in [0, 0.1) is 6.92 Å². The summed E-state index contributed by atoms with van der Waals surface area (Å²) in [5.74, 6) is -1.90. The minimum Gasteiger partial charge on any atom is -0.306 e. The van der Waals surface area contributed by atoms with E-state index in [0.29, 0.717) is 15.7 Å². The number of halogens is 4. The number of carbonyl (C=O) groups is 1. The van der Waals surface area contributed by atoms with Crippen LogP contribution in [0.4, 0.5) is 19.0 Å². The first-order valence-corrected chi connectivity index (χ1v) is 7.42. The number of nitrogens with zero attached hydrogens (tertiary/aromatic N) is 4. The van der Waals surface area contributed by atoms with Crippen LogP contribution in [0.5, 0.6) is 0 Å². The second kappa shape index (κ2) is 5.86. The molecule has 10 heteroatoms. The van der Waals surface area contributed by atoms with Gasteiger partial charge in [0, 0.05) is 16.2 Å². The Bertz CT molecular complexity index is 938. The number of carbonyl (C=O) groups excluding carboxylic acids is 1. The molecule has 0 fully saturated rings. The molecule has 2 aromatic heterocycles. The Morgan fingerprint density at radius 2 is 1.96 bits per heavy atom. The fraction of sp³-hybridized carbons (Fsp3) is 0.143. The molecule has 0 atom stereocenters. The number of fused-ring (bicyclic) bond motifs is 1. The van der Waals surface area contributed by atoms with Crippen molar-refractivity contribution in [1.29, 1.82) is 0 Å². The molecule has 1 aromatic carbocycles. The largest absolute Gasteiger partial charge is 0.453 e. The van der Waals surface area contributed by atoms with Crippen molar-refractivity contribution in [1.82, 2.24) is 19.6 Å². The molecule has 0 aliphatic carbocycles. The molecule has 0 spiro atoms. The Balaban J connectivity index is 1.96. The van der Waals surface area contributed by atoms with Gasteiger partial charge in [-0.25, -0.2) is 4.52 Å². The maximum absolute atomic E-state index is 12.7. The van der Waals surface area contributed by atoms with Crippen LogP contribution in [0.2, 0.25) is 0 Å². The molecule has 24 heavy (non-hydrogen) atoms. The summed E-state index contributed by atoms with van der Waals surface area (Å²) in [5, 5.41) is 5.91. The first-order valence-electron chi connectivity index (χ1n) is 6.63. The Hall–Kier alpha value is -2.49. The topological polar surface area (TPSA) is 72.2 Å². The van der Waals surface area contributed by atoms with Gasteiger partial charge in [0.05, 0.1) is 5.56 Å². The molecule has 124 valence electrons. The Labute approximate surface area is 141 Å². The average Bonchev–Trinajstić information content (AvgIpc) is 2.92. The number of anilines is 1. The number of hydrogen-bond donors (Lipinski definition) is 1. The van der Waals surface area contributed by atoms with Crippen LogP contribution in [0.15, 0.2) is 34.8 Å². The summed E-state index contributed by atoms with van der Waals surface area (Å²) in [5.41, 5.74) is 0.722. The first kappa shape index (κ1) is 16.4. The van der Waals surface area contributed by atoms with Crippen molar-refractivity contribution >= 4 is 33.4 Å². The zero-order valence-electron chi connectivity index (χ0n) is 12.1. The summed E-state index contributed by atoms with van der Waals surface area (Å²) in [7, 11) is 0. The lowest BCUT2D eigenvalue weighted by Gasteiger charge is -2.07. The summed E-state index contributed by atoms with van der Waals surface area (Å²) in [6, 6.07) is 8.16. The number of hydrogen-bond acceptors (Lipinski definition) is 4. The van der Waals surface area contributed by atoms with Gasteiger partial charge in [-0.05, 0) is 35.0 Å². The molecular weight excluding hydrogens is 391 g/mol. The fourth-order valence-electron chi connectivity index (χ4n) is 2.02. The predicted molar refractivity (Wildman–Crippen MR) is 82.6 cm³/mol. The van der Waals surface area contributed by atoms with E-state index in [1.54, 1.807) is 24.3 Å². The molecule has 0 aliphatic heterocycles. The number of alkyl halides is 3. The highest BCUT2D eigenvalue weighted by atomic mass is 79.9. The molecule has 1 N–H and O–H groups in total. The van der Waals surface area contributed by atoms with Crippen LogP contribution in [0.1, 0.15) is 21.9 Å². The Kier molecular flexibility index (Phi) is 3.99. The molecule has 0 bridgehead atoms. The molecule has 3 rings (SSSR count). The zero-order chi connectivity index (χ0) is 17.5. The third-order valence-electron chi connectivity index (χ3n) is 3.10. The monoisotopic (exact) mass is 399 g/mol. The van der Waals surface area contributed by atoms with Gasteiger partial charge in [-0.1, -0.05) is 12.1 Å². The van der Waals surface area contributed by atoms with E-state index in [9.17, 15) is 18.0 Å². The van der Waals surface area contributed by atoms with Gasteiger partial charge in [0.25, 0.3) is 17.5 Å². The minimum absolute atomic E-state index is 0.0851. The Morgan fingerprint density at radius 1 is 1.25 bits per heavy atom. The van der Waals surface area contributed by atoms with Gasteiger partial charge in [0.15, 0.2) is 0 Å². The summed E-state index contributed by atoms with van der Waals surface area (Å²) in [6.45, 7) is 1.54. The fourth-order valence-corrected chi connectivity index (χ4v) is 2.49. The van der Waals surface area contributed by atoms with Crippen molar-refractivity contribution in [2.75, 3.05) is 5.32 Å². The van der Waals surface area contributed by atoms with Crippen molar-refractivity contribution in [2.45, 2.75) is 13.1 Å². The molecule has 0 aliphatic rings. The molecule has 6 nitrogen and oxygen atoms in total. The van der Waals surface area contributed by atoms with Crippen molar-refractivity contribution in [3.63, 3.8) is 0 Å². The molecule has 2 heterocycles. The zero-order valence-corrected chi connectivity index (χ0v) is 13.7. The highest BCUT2D eigenvalue weighted by Gasteiger charge is 2.36. The quantitative estimate of drug-likeness (QED) is 0.715. The lowest BCUT2D eigenvalue weighted by atomic mass is 10.2. The van der Waals surface area contributed by atoms with Crippen molar-refractivity contribution in [3.05, 3.63) is 51.9 Å². The van der Waals surface area contributed by atoms with Gasteiger partial charge in [0.2, 0.25) is 0 Å². The van der Waals surface area contributed by atoms with Crippen LogP contribution < -0.4 is 5.32 Å². The minimum atomic E-state index is -4.67. The molecular formula is C14H9BrF3N5O. The van der Waals surface area contributed by atoms with Crippen molar-refractivity contribution in [2.24, 2.45) is 0 Å². The summed E-state index contributed by atoms with van der Waals surface area (Å²) >= 11 is 3.26. The number of rotatable bonds is 2. The van der Waals surface area contributed by atoms with Crippen molar-refractivity contribution in [3.8, 4) is 0 Å². The number of nitrogens with one attached hydrogen (secondary N) is 1. The number of amides is 1. The molecule has 1 amide bonds. The summed E-state index contributed by atoms with van der Waals surface area (Å²) in [6.07, 6.45) is -4.67. The van der Waals surface area contributed by atoms with Gasteiger partial charge < -0.3 is 5.32 Å². The van der Waals surface area contributed by atoms with E-state index in [1.807, 2.05) is 0 Å². The second-order valence-electron chi connectivity index (χ2n) is 4.86. The lowest BCUT2D eigenvalue weighted by Crippen LogP contribution is -2.14. The Morgan fingerprint density at radius 3 is 2.62 bits per heavy atom. The average molecular weight is 400 g/mol. The number of aryl methyl sites for hydroxylation is 1. The molecule has 0 radical (unpaired) electrons. The van der Waals surface area contributed by atoms with Crippen LogP contribution in [-0.4, -0.2) is 25.5 Å². The van der Waals surface area contributed by atoms with Gasteiger partial charge in [-0.2, -0.15) is 23.1 Å². The van der Waals surface area contributed by atoms with Crippen LogP contribution in [0.3, 0.4) is 0 Å². The van der Waals surface area contributed by atoms with Crippen LogP contribution in [-0.2, 0) is 6.18 Å². The molecule has 0 saturated heterocycles. The highest BCUT2D eigenvalue weighted by molar-refractivity contribution is 9.10. The summed E-state index contributed by atoms with van der Waals surface area (Å²) in [4.78, 5) is 19.5. The first-order chi connectivity index (χ1) is 11.3. The third-order valence-corrected chi connectivity index (χ3v) is 3.80. The number of aromatic nitrogens is 4. The molecule has 0 saturated carbocycles. The van der Waals surface area contributed by atoms with E-state index >= 15 is 0 Å². The van der Waals surface area contributed by atoms with Gasteiger partial charge in [-0.3, -0.25) is 4.79 Å². The maximum atomic E-state index is 12.7. The van der Waals surface area contributed by atoms with Crippen LogP contribution >= 0.6 is 15.9 Å². The molecule has 0 unspecified atom stereocenters. The van der Waals surface area contributed by atoms with Crippen LogP contribution in [0.25, 0.3) is 5.78 Å². The van der Waals surface area contributed by atoms with E-state index < -0.39 is 17.9 Å². The highest BCUT2D eigenvalue weighted by Crippen LogP contribution is 2.27. The van der Waals surface area contributed by atoms with E-state index in [1.165, 1.54) is 13.0 Å². The SMILES string of the molecule is Cc1cc(NC(=O)c2ccccc2Br)nc2nc(C(F)(F)F)nn12. The van der Waals surface area contributed by atoms with E-state index in [0.717, 1.165) is 4.52 Å².